The minimum Gasteiger partial charge on any atom is -0.325 e. The molecule has 2 N–H and O–H groups in total. The first kappa shape index (κ1) is 25.2. The van der Waals surface area contributed by atoms with E-state index in [-0.39, 0.29) is 23.3 Å². The lowest BCUT2D eigenvalue weighted by molar-refractivity contribution is -0.387. The summed E-state index contributed by atoms with van der Waals surface area (Å²) in [6, 6.07) is 19.6. The number of carbonyl (C=O) groups excluding carboxylic acids is 2. The number of para-hydroxylation sites is 1. The number of nitro groups is 1. The number of aryl methyl sites for hydroxylation is 2. The predicted molar refractivity (Wildman–Crippen MR) is 146 cm³/mol. The van der Waals surface area contributed by atoms with Crippen LogP contribution in [0.2, 0.25) is 0 Å². The smallest absolute Gasteiger partial charge is 0.283 e. The molecule has 8 nitrogen and oxygen atoms in total. The van der Waals surface area contributed by atoms with Gasteiger partial charge >= 0.3 is 0 Å². The molecule has 0 aliphatic carbocycles. The van der Waals surface area contributed by atoms with Crippen molar-refractivity contribution in [3.63, 3.8) is 0 Å². The molecule has 1 saturated heterocycles. The molecule has 0 bridgehead atoms. The second-order valence-electron chi connectivity index (χ2n) is 8.01. The second kappa shape index (κ2) is 11.2. The molecule has 3 aromatic rings. The van der Waals surface area contributed by atoms with Crippen LogP contribution in [0, 0.1) is 24.0 Å². The van der Waals surface area contributed by atoms with Crippen molar-refractivity contribution in [1.29, 1.82) is 0 Å². The molecule has 4 rings (SSSR count). The predicted octanol–water partition coefficient (Wildman–Crippen LogP) is 5.83. The third-order valence-electron chi connectivity index (χ3n) is 4.98. The van der Waals surface area contributed by atoms with E-state index in [9.17, 15) is 19.7 Å². The molecular formula is C26H22N4O4S2. The van der Waals surface area contributed by atoms with Crippen LogP contribution in [0.1, 0.15) is 16.7 Å². The number of nitrogens with one attached hydrogen (secondary N) is 2. The Kier molecular flexibility index (Phi) is 7.87. The Morgan fingerprint density at radius 3 is 2.53 bits per heavy atom. The molecule has 1 aliphatic heterocycles. The van der Waals surface area contributed by atoms with Gasteiger partial charge in [-0.15, -0.1) is 11.8 Å². The summed E-state index contributed by atoms with van der Waals surface area (Å²) in [6.07, 6.45) is 1.59. The number of thioether (sulfide) groups is 2. The summed E-state index contributed by atoms with van der Waals surface area (Å²) >= 11 is 2.26. The van der Waals surface area contributed by atoms with Gasteiger partial charge in [0.1, 0.15) is 0 Å². The van der Waals surface area contributed by atoms with Crippen molar-refractivity contribution in [3.8, 4) is 0 Å². The summed E-state index contributed by atoms with van der Waals surface area (Å²) in [5.41, 5.74) is 3.92. The molecule has 0 unspecified atom stereocenters. The van der Waals surface area contributed by atoms with E-state index < -0.39 is 4.92 Å². The Balaban J connectivity index is 1.47. The van der Waals surface area contributed by atoms with Gasteiger partial charge in [-0.3, -0.25) is 19.7 Å². The van der Waals surface area contributed by atoms with Gasteiger partial charge in [0.25, 0.3) is 11.6 Å². The van der Waals surface area contributed by atoms with Crippen molar-refractivity contribution in [2.45, 2.75) is 18.7 Å². The highest BCUT2D eigenvalue weighted by Gasteiger charge is 2.24. The molecule has 0 radical (unpaired) electrons. The summed E-state index contributed by atoms with van der Waals surface area (Å²) in [5, 5.41) is 17.6. The Hall–Kier alpha value is -3.89. The van der Waals surface area contributed by atoms with Crippen LogP contribution >= 0.6 is 23.5 Å². The summed E-state index contributed by atoms with van der Waals surface area (Å²) < 4.78 is 0. The average molecular weight is 519 g/mol. The molecule has 0 atom stereocenters. The summed E-state index contributed by atoms with van der Waals surface area (Å²) in [4.78, 5) is 41.2. The molecule has 10 heteroatoms. The fourth-order valence-corrected chi connectivity index (χ4v) is 5.16. The van der Waals surface area contributed by atoms with Crippen molar-refractivity contribution in [1.82, 2.24) is 5.32 Å². The van der Waals surface area contributed by atoms with Gasteiger partial charge < -0.3 is 10.6 Å². The summed E-state index contributed by atoms with van der Waals surface area (Å²) in [5.74, 6) is -0.560. The monoisotopic (exact) mass is 518 g/mol. The largest absolute Gasteiger partial charge is 0.325 e. The zero-order valence-electron chi connectivity index (χ0n) is 19.5. The summed E-state index contributed by atoms with van der Waals surface area (Å²) in [6.45, 7) is 3.96. The maximum Gasteiger partial charge on any atom is 0.283 e. The lowest BCUT2D eigenvalue weighted by Crippen LogP contribution is -2.19. The third-order valence-corrected chi connectivity index (χ3v) is 6.95. The van der Waals surface area contributed by atoms with Crippen LogP contribution in [-0.4, -0.2) is 27.7 Å². The van der Waals surface area contributed by atoms with Crippen LogP contribution in [-0.2, 0) is 9.59 Å². The van der Waals surface area contributed by atoms with Gasteiger partial charge in [0, 0.05) is 11.8 Å². The number of amidine groups is 1. The van der Waals surface area contributed by atoms with E-state index >= 15 is 0 Å². The number of anilines is 1. The number of benzene rings is 3. The fraction of sp³-hybridized carbons (Fsp3) is 0.115. The van der Waals surface area contributed by atoms with E-state index in [2.05, 4.69) is 15.6 Å². The molecule has 0 saturated carbocycles. The molecule has 36 heavy (non-hydrogen) atoms. The highest BCUT2D eigenvalue weighted by atomic mass is 32.2. The first-order chi connectivity index (χ1) is 17.3. The molecule has 3 aromatic carbocycles. The molecule has 0 aromatic heterocycles. The minimum atomic E-state index is -0.492. The van der Waals surface area contributed by atoms with E-state index in [4.69, 9.17) is 0 Å². The minimum absolute atomic E-state index is 0.0205. The first-order valence-electron chi connectivity index (χ1n) is 10.9. The number of carbonyl (C=O) groups is 2. The van der Waals surface area contributed by atoms with E-state index in [1.165, 1.54) is 17.8 Å². The number of hydrogen-bond donors (Lipinski definition) is 2. The number of nitro benzene ring substituents is 1. The van der Waals surface area contributed by atoms with Crippen LogP contribution in [0.4, 0.5) is 17.1 Å². The van der Waals surface area contributed by atoms with Crippen LogP contribution in [0.15, 0.2) is 81.5 Å². The van der Waals surface area contributed by atoms with Crippen LogP contribution < -0.4 is 10.6 Å². The van der Waals surface area contributed by atoms with Gasteiger partial charge in [-0.2, -0.15) is 0 Å². The zero-order valence-corrected chi connectivity index (χ0v) is 21.1. The Morgan fingerprint density at radius 1 is 1.11 bits per heavy atom. The highest BCUT2D eigenvalue weighted by molar-refractivity contribution is 8.18. The number of rotatable bonds is 7. The van der Waals surface area contributed by atoms with Gasteiger partial charge in [-0.1, -0.05) is 30.3 Å². The van der Waals surface area contributed by atoms with Crippen molar-refractivity contribution in [2.24, 2.45) is 4.99 Å². The zero-order chi connectivity index (χ0) is 25.7. The van der Waals surface area contributed by atoms with Crippen molar-refractivity contribution >= 4 is 63.6 Å². The van der Waals surface area contributed by atoms with Gasteiger partial charge in [-0.25, -0.2) is 4.99 Å². The second-order valence-corrected chi connectivity index (χ2v) is 10.1. The lowest BCUT2D eigenvalue weighted by atomic mass is 10.1. The molecule has 0 spiro atoms. The van der Waals surface area contributed by atoms with E-state index in [0.29, 0.717) is 26.2 Å². The van der Waals surface area contributed by atoms with Crippen molar-refractivity contribution < 1.29 is 14.5 Å². The molecule has 182 valence electrons. The Labute approximate surface area is 216 Å². The first-order valence-corrected chi connectivity index (χ1v) is 12.7. The molecular weight excluding hydrogens is 496 g/mol. The maximum absolute atomic E-state index is 12.5. The van der Waals surface area contributed by atoms with E-state index in [0.717, 1.165) is 28.6 Å². The normalized spacial score (nSPS) is 15.2. The van der Waals surface area contributed by atoms with Crippen molar-refractivity contribution in [3.05, 3.63) is 98.4 Å². The Bertz CT molecular complexity index is 1380. The average Bonchev–Trinajstić information content (AvgIpc) is 3.16. The van der Waals surface area contributed by atoms with Crippen LogP contribution in [0.3, 0.4) is 0 Å². The molecule has 1 heterocycles. The quantitative estimate of drug-likeness (QED) is 0.176. The van der Waals surface area contributed by atoms with E-state index in [1.54, 1.807) is 30.3 Å². The number of amides is 2. The van der Waals surface area contributed by atoms with E-state index in [1.807, 2.05) is 50.2 Å². The lowest BCUT2D eigenvalue weighted by Gasteiger charge is -2.06. The number of aliphatic imine (C=N–C) groups is 1. The van der Waals surface area contributed by atoms with Gasteiger partial charge in [-0.05, 0) is 78.7 Å². The Morgan fingerprint density at radius 2 is 1.83 bits per heavy atom. The molecule has 1 aliphatic rings. The maximum atomic E-state index is 12.5. The number of hydrogen-bond acceptors (Lipinski definition) is 7. The topological polar surface area (TPSA) is 114 Å². The summed E-state index contributed by atoms with van der Waals surface area (Å²) in [7, 11) is 0. The third kappa shape index (κ3) is 6.61. The van der Waals surface area contributed by atoms with Crippen molar-refractivity contribution in [2.75, 3.05) is 11.1 Å². The SMILES string of the molecule is Cc1cc(C)cc(N=C2NC(=O)/C(=C/c3ccc(SCC(=O)Nc4ccccc4)c([N+](=O)[O-])c3)S2)c1. The van der Waals surface area contributed by atoms with Crippen LogP contribution in [0.5, 0.6) is 0 Å². The van der Waals surface area contributed by atoms with Gasteiger partial charge in [0.05, 0.1) is 26.2 Å². The molecule has 2 amide bonds. The fourth-order valence-electron chi connectivity index (χ4n) is 3.52. The standard InChI is InChI=1S/C26H22N4O4S2/c1-16-10-17(2)12-20(11-16)28-26-29-25(32)23(36-26)14-18-8-9-22(21(13-18)30(33)34)35-15-24(31)27-19-6-4-3-5-7-19/h3-14H,15H2,1-2H3,(H,27,31)(H,28,29,32)/b23-14-. The number of nitrogens with zero attached hydrogens (tertiary/aromatic N) is 2. The van der Waals surface area contributed by atoms with Crippen LogP contribution in [0.25, 0.3) is 6.08 Å². The van der Waals surface area contributed by atoms with Gasteiger partial charge in [0.2, 0.25) is 5.91 Å². The van der Waals surface area contributed by atoms with Gasteiger partial charge in [0.15, 0.2) is 5.17 Å². The molecule has 1 fully saturated rings. The highest BCUT2D eigenvalue weighted by Crippen LogP contribution is 2.33.